The fourth-order valence-electron chi connectivity index (χ4n) is 3.10. The molecule has 0 aliphatic carbocycles. The van der Waals surface area contributed by atoms with Crippen molar-refractivity contribution < 1.29 is 31.8 Å². The van der Waals surface area contributed by atoms with E-state index >= 15 is 0 Å². The molecule has 0 amide bonds. The third kappa shape index (κ3) is 3.09. The first kappa shape index (κ1) is 19.3. The molecule has 27 heavy (non-hydrogen) atoms. The molecule has 0 radical (unpaired) electrons. The summed E-state index contributed by atoms with van der Waals surface area (Å²) in [5.74, 6) is -5.07. The van der Waals surface area contributed by atoms with Crippen molar-refractivity contribution in [2.45, 2.75) is 43.7 Å². The topological polar surface area (TPSA) is 51.5 Å². The van der Waals surface area contributed by atoms with Crippen molar-refractivity contribution in [2.75, 3.05) is 0 Å². The lowest BCUT2D eigenvalue weighted by atomic mass is 9.85. The molecule has 4 nitrogen and oxygen atoms in total. The van der Waals surface area contributed by atoms with Crippen LogP contribution < -0.4 is 10.3 Å². The number of aliphatic hydroxyl groups is 1. The molecule has 1 aliphatic heterocycles. The van der Waals surface area contributed by atoms with Crippen LogP contribution in [0.3, 0.4) is 0 Å². The molecule has 1 aliphatic rings. The van der Waals surface area contributed by atoms with Crippen LogP contribution in [0.1, 0.15) is 31.0 Å². The lowest BCUT2D eigenvalue weighted by Crippen LogP contribution is -2.52. The number of ether oxygens (including phenoxy) is 1. The Morgan fingerprint density at radius 3 is 2.37 bits per heavy atom. The van der Waals surface area contributed by atoms with Gasteiger partial charge in [0.25, 0.3) is 5.56 Å². The Kier molecular flexibility index (Phi) is 4.33. The van der Waals surface area contributed by atoms with Gasteiger partial charge in [-0.05, 0) is 38.1 Å². The van der Waals surface area contributed by atoms with Crippen molar-refractivity contribution in [3.05, 3.63) is 64.1 Å². The molecule has 0 unspecified atom stereocenters. The summed E-state index contributed by atoms with van der Waals surface area (Å²) in [7, 11) is 0. The number of pyridine rings is 1. The number of aromatic nitrogens is 1. The summed E-state index contributed by atoms with van der Waals surface area (Å²) < 4.78 is 72.5. The van der Waals surface area contributed by atoms with E-state index in [9.17, 15) is 31.9 Å². The van der Waals surface area contributed by atoms with Gasteiger partial charge in [-0.3, -0.25) is 4.79 Å². The van der Waals surface area contributed by atoms with Crippen LogP contribution in [0.2, 0.25) is 0 Å². The summed E-state index contributed by atoms with van der Waals surface area (Å²) in [6.07, 6.45) is -5.83. The lowest BCUT2D eigenvalue weighted by molar-refractivity contribution is -0.289. The minimum atomic E-state index is -5.78. The number of benzene rings is 1. The van der Waals surface area contributed by atoms with Gasteiger partial charge in [-0.25, -0.2) is 0 Å². The molecule has 2 aromatic rings. The van der Waals surface area contributed by atoms with Gasteiger partial charge in [0.1, 0.15) is 17.5 Å². The Morgan fingerprint density at radius 1 is 1.11 bits per heavy atom. The molecular formula is C18H16F5NO3. The van der Waals surface area contributed by atoms with Crippen LogP contribution in [0.4, 0.5) is 22.0 Å². The highest BCUT2D eigenvalue weighted by atomic mass is 19.4. The van der Waals surface area contributed by atoms with Crippen LogP contribution in [-0.2, 0) is 5.92 Å². The molecule has 0 spiro atoms. The van der Waals surface area contributed by atoms with E-state index in [1.165, 1.54) is 38.2 Å². The summed E-state index contributed by atoms with van der Waals surface area (Å²) in [6.45, 7) is 3.06. The zero-order valence-electron chi connectivity index (χ0n) is 14.3. The average Bonchev–Trinajstić information content (AvgIpc) is 2.55. The molecule has 1 N–H and O–H groups in total. The number of nitrogens with zero attached hydrogens (tertiary/aromatic N) is 1. The van der Waals surface area contributed by atoms with E-state index in [0.717, 1.165) is 10.6 Å². The van der Waals surface area contributed by atoms with Gasteiger partial charge >= 0.3 is 12.1 Å². The molecule has 9 heteroatoms. The molecule has 1 aromatic carbocycles. The second-order valence-electron chi connectivity index (χ2n) is 6.87. The predicted octanol–water partition coefficient (Wildman–Crippen LogP) is 3.62. The largest absolute Gasteiger partial charge is 0.485 e. The fraction of sp³-hybridized carbons (Fsp3) is 0.389. The number of rotatable bonds is 2. The monoisotopic (exact) mass is 389 g/mol. The molecule has 0 fully saturated rings. The van der Waals surface area contributed by atoms with Gasteiger partial charge in [0.2, 0.25) is 0 Å². The van der Waals surface area contributed by atoms with Crippen molar-refractivity contribution in [3.8, 4) is 5.75 Å². The van der Waals surface area contributed by atoms with Crippen molar-refractivity contribution in [1.29, 1.82) is 0 Å². The highest BCUT2D eigenvalue weighted by Crippen LogP contribution is 2.48. The summed E-state index contributed by atoms with van der Waals surface area (Å²) in [4.78, 5) is 12.2. The molecule has 1 aromatic heterocycles. The third-order valence-electron chi connectivity index (χ3n) is 4.58. The van der Waals surface area contributed by atoms with E-state index < -0.39 is 41.0 Å². The Balaban J connectivity index is 2.24. The predicted molar refractivity (Wildman–Crippen MR) is 85.9 cm³/mol. The maximum Gasteiger partial charge on any atom is 0.458 e. The van der Waals surface area contributed by atoms with Gasteiger partial charge < -0.3 is 14.4 Å². The smallest absolute Gasteiger partial charge is 0.458 e. The maximum atomic E-state index is 13.8. The SMILES string of the molecule is CC1(C)Oc2ccc(C(F)(F)C(F)(F)F)cc2[C@H](n2ccccc2=O)[C@H]1O. The normalized spacial score (nSPS) is 22.1. The first-order valence-corrected chi connectivity index (χ1v) is 7.99. The zero-order valence-corrected chi connectivity index (χ0v) is 14.3. The van der Waals surface area contributed by atoms with E-state index in [1.54, 1.807) is 0 Å². The molecule has 3 rings (SSSR count). The van der Waals surface area contributed by atoms with Crippen molar-refractivity contribution in [2.24, 2.45) is 0 Å². The summed E-state index contributed by atoms with van der Waals surface area (Å²) in [5, 5.41) is 10.7. The number of hydrogen-bond acceptors (Lipinski definition) is 3. The molecular weight excluding hydrogens is 373 g/mol. The van der Waals surface area contributed by atoms with Gasteiger partial charge in [-0.15, -0.1) is 0 Å². The maximum absolute atomic E-state index is 13.8. The van der Waals surface area contributed by atoms with Crippen molar-refractivity contribution in [3.63, 3.8) is 0 Å². The molecule has 0 saturated carbocycles. The van der Waals surface area contributed by atoms with Crippen LogP contribution in [0.15, 0.2) is 47.4 Å². The second kappa shape index (κ2) is 6.05. The Hall–Kier alpha value is -2.42. The lowest BCUT2D eigenvalue weighted by Gasteiger charge is -2.43. The number of fused-ring (bicyclic) bond motifs is 1. The molecule has 0 bridgehead atoms. The number of alkyl halides is 5. The highest BCUT2D eigenvalue weighted by Gasteiger charge is 2.59. The van der Waals surface area contributed by atoms with Crippen LogP contribution >= 0.6 is 0 Å². The number of aliphatic hydroxyl groups excluding tert-OH is 1. The standard InChI is InChI=1S/C18H16F5NO3/c1-16(2)15(26)14(24-8-4-3-5-13(24)25)11-9-10(6-7-12(11)27-16)17(19,20)18(21,22)23/h3-9,14-15,26H,1-2H3/t14-,15+/m0/s1. The van der Waals surface area contributed by atoms with Gasteiger partial charge in [0.15, 0.2) is 0 Å². The van der Waals surface area contributed by atoms with Gasteiger partial charge in [0, 0.05) is 23.4 Å². The van der Waals surface area contributed by atoms with E-state index in [1.807, 2.05) is 0 Å². The fourth-order valence-corrected chi connectivity index (χ4v) is 3.10. The van der Waals surface area contributed by atoms with Crippen molar-refractivity contribution in [1.82, 2.24) is 4.57 Å². The third-order valence-corrected chi connectivity index (χ3v) is 4.58. The minimum absolute atomic E-state index is 0.0211. The summed E-state index contributed by atoms with van der Waals surface area (Å²) in [6, 6.07) is 5.20. The van der Waals surface area contributed by atoms with Gasteiger partial charge in [0.05, 0.1) is 6.04 Å². The summed E-state index contributed by atoms with van der Waals surface area (Å²) >= 11 is 0. The first-order chi connectivity index (χ1) is 12.4. The van der Waals surface area contributed by atoms with Gasteiger partial charge in [-0.1, -0.05) is 6.07 Å². The average molecular weight is 389 g/mol. The van der Waals surface area contributed by atoms with E-state index in [-0.39, 0.29) is 11.3 Å². The highest BCUT2D eigenvalue weighted by molar-refractivity contribution is 5.45. The summed E-state index contributed by atoms with van der Waals surface area (Å²) in [5.41, 5.74) is -3.17. The first-order valence-electron chi connectivity index (χ1n) is 7.99. The van der Waals surface area contributed by atoms with E-state index in [0.29, 0.717) is 12.1 Å². The number of hydrogen-bond donors (Lipinski definition) is 1. The van der Waals surface area contributed by atoms with E-state index in [2.05, 4.69) is 0 Å². The van der Waals surface area contributed by atoms with Gasteiger partial charge in [-0.2, -0.15) is 22.0 Å². The second-order valence-corrected chi connectivity index (χ2v) is 6.87. The Morgan fingerprint density at radius 2 is 1.78 bits per heavy atom. The molecule has 146 valence electrons. The molecule has 0 saturated heterocycles. The quantitative estimate of drug-likeness (QED) is 0.799. The van der Waals surface area contributed by atoms with Crippen LogP contribution in [0.5, 0.6) is 5.75 Å². The van der Waals surface area contributed by atoms with E-state index in [4.69, 9.17) is 4.74 Å². The Bertz CT molecular complexity index is 920. The van der Waals surface area contributed by atoms with Crippen LogP contribution in [-0.4, -0.2) is 27.6 Å². The molecule has 2 atom stereocenters. The minimum Gasteiger partial charge on any atom is -0.485 e. The Labute approximate surface area is 150 Å². The molecule has 2 heterocycles. The van der Waals surface area contributed by atoms with Crippen LogP contribution in [0, 0.1) is 0 Å². The van der Waals surface area contributed by atoms with Crippen molar-refractivity contribution >= 4 is 0 Å². The number of halogens is 5. The van der Waals surface area contributed by atoms with Crippen LogP contribution in [0.25, 0.3) is 0 Å². The zero-order chi connectivity index (χ0) is 20.2.